The topological polar surface area (TPSA) is 0 Å². The first-order chi connectivity index (χ1) is 28.6. The van der Waals surface area contributed by atoms with Gasteiger partial charge >= 0.3 is 0 Å². The third-order valence-electron chi connectivity index (χ3n) is 12.2. The molecule has 2 aliphatic carbocycles. The van der Waals surface area contributed by atoms with E-state index >= 15 is 0 Å². The van der Waals surface area contributed by atoms with E-state index in [0.29, 0.717) is 0 Å². The van der Waals surface area contributed by atoms with Crippen LogP contribution < -0.4 is 0 Å². The summed E-state index contributed by atoms with van der Waals surface area (Å²) in [6, 6.07) is 81.4. The van der Waals surface area contributed by atoms with Gasteiger partial charge in [0.25, 0.3) is 0 Å². The normalized spacial score (nSPS) is 14.3. The van der Waals surface area contributed by atoms with Gasteiger partial charge in [0.2, 0.25) is 0 Å². The summed E-state index contributed by atoms with van der Waals surface area (Å²) < 4.78 is 0. The van der Waals surface area contributed by atoms with Crippen LogP contribution in [-0.4, -0.2) is 0 Å². The van der Waals surface area contributed by atoms with Crippen LogP contribution in [0, 0.1) is 13.8 Å². The molecule has 0 radical (unpaired) electrons. The van der Waals surface area contributed by atoms with E-state index in [4.69, 9.17) is 0 Å². The smallest absolute Gasteiger partial charge is 0.0622 e. The number of rotatable bonds is 7. The van der Waals surface area contributed by atoms with Gasteiger partial charge in [-0.15, -0.1) is 0 Å². The van der Waals surface area contributed by atoms with Gasteiger partial charge in [-0.3, -0.25) is 0 Å². The molecule has 2 aliphatic rings. The van der Waals surface area contributed by atoms with Crippen LogP contribution in [0.25, 0.3) is 27.8 Å². The fraction of sp³-hybridized carbons (Fsp3) is 0.0690. The second kappa shape index (κ2) is 14.8. The number of allylic oxidation sites excluding steroid dienone is 4. The van der Waals surface area contributed by atoms with E-state index in [-0.39, 0.29) is 0 Å². The Bertz CT molecular complexity index is 2760. The highest BCUT2D eigenvalue weighted by atomic mass is 14.5. The molecule has 0 saturated heterocycles. The average Bonchev–Trinajstić information content (AvgIpc) is 3.67. The van der Waals surface area contributed by atoms with Crippen molar-refractivity contribution >= 4 is 16.7 Å². The Morgan fingerprint density at radius 3 is 1.34 bits per heavy atom. The minimum absolute atomic E-state index is 0.659. The zero-order valence-corrected chi connectivity index (χ0v) is 33.0. The van der Waals surface area contributed by atoms with Gasteiger partial charge in [0, 0.05) is 0 Å². The predicted octanol–water partition coefficient (Wildman–Crippen LogP) is 14.5. The minimum Gasteiger partial charge on any atom is -0.0622 e. The molecule has 276 valence electrons. The van der Waals surface area contributed by atoms with Crippen LogP contribution in [0.4, 0.5) is 0 Å². The van der Waals surface area contributed by atoms with Gasteiger partial charge in [-0.2, -0.15) is 0 Å². The molecule has 0 amide bonds. The van der Waals surface area contributed by atoms with Crippen molar-refractivity contribution in [2.24, 2.45) is 0 Å². The molecule has 0 atom stereocenters. The largest absolute Gasteiger partial charge is 0.0716 e. The molecule has 10 rings (SSSR count). The molecule has 0 nitrogen and oxygen atoms in total. The fourth-order valence-electron chi connectivity index (χ4n) is 9.63. The summed E-state index contributed by atoms with van der Waals surface area (Å²) >= 11 is 0. The molecule has 0 unspecified atom stereocenters. The van der Waals surface area contributed by atoms with Crippen molar-refractivity contribution in [1.82, 2.24) is 0 Å². The van der Waals surface area contributed by atoms with Crippen LogP contribution >= 0.6 is 0 Å². The first kappa shape index (κ1) is 35.4. The molecule has 0 bridgehead atoms. The molecule has 0 N–H and O–H groups in total. The molecule has 0 heteroatoms. The van der Waals surface area contributed by atoms with Gasteiger partial charge in [-0.25, -0.2) is 0 Å². The molecule has 0 aromatic heterocycles. The monoisotopic (exact) mass is 740 g/mol. The number of hydrogen-bond donors (Lipinski definition) is 0. The van der Waals surface area contributed by atoms with E-state index < -0.39 is 5.41 Å². The lowest BCUT2D eigenvalue weighted by Crippen LogP contribution is -2.36. The van der Waals surface area contributed by atoms with Crippen LogP contribution in [0.3, 0.4) is 0 Å². The lowest BCUT2D eigenvalue weighted by molar-refractivity contribution is 0.727. The van der Waals surface area contributed by atoms with Crippen LogP contribution in [0.5, 0.6) is 0 Å². The number of fused-ring (bicyclic) bond motifs is 2. The zero-order valence-electron chi connectivity index (χ0n) is 33.0. The molecule has 0 fully saturated rings. The first-order valence-electron chi connectivity index (χ1n) is 20.4. The molecule has 0 heterocycles. The second-order valence-corrected chi connectivity index (χ2v) is 15.7. The summed E-state index contributed by atoms with van der Waals surface area (Å²) in [7, 11) is 0. The third kappa shape index (κ3) is 5.92. The molecule has 8 aromatic rings. The van der Waals surface area contributed by atoms with Crippen LogP contribution in [-0.2, 0) is 5.41 Å². The quantitative estimate of drug-likeness (QED) is 0.153. The highest BCUT2D eigenvalue weighted by molar-refractivity contribution is 6.07. The molecule has 8 aromatic carbocycles. The Hall–Kier alpha value is -7.02. The molecule has 0 spiro atoms. The highest BCUT2D eigenvalue weighted by Gasteiger charge is 2.51. The van der Waals surface area contributed by atoms with E-state index in [1.807, 2.05) is 0 Å². The lowest BCUT2D eigenvalue weighted by Gasteiger charge is -2.44. The Kier molecular flexibility index (Phi) is 9.04. The molecule has 58 heavy (non-hydrogen) atoms. The molecule has 0 saturated carbocycles. The van der Waals surface area contributed by atoms with Crippen molar-refractivity contribution < 1.29 is 0 Å². The van der Waals surface area contributed by atoms with Crippen molar-refractivity contribution in [2.45, 2.75) is 25.7 Å². The van der Waals surface area contributed by atoms with Crippen LogP contribution in [0.1, 0.15) is 62.1 Å². The molecule has 0 aliphatic heterocycles. The standard InChI is InChI=1S/C58H44/c1-40-28-32-42(33-29-40)47-36-37-50-53(38-47)58(48-24-14-6-15-25-48,49-26-16-7-17-27-49)57-52(55(50)46-34-30-41(2)31-35-46)39-51(56(57)45-22-12-5-13-23-45)54(43-18-8-3-9-19-43)44-20-10-4-11-21-44/h3-38H,39H2,1-2H3. The van der Waals surface area contributed by atoms with E-state index in [0.717, 1.165) is 6.42 Å². The predicted molar refractivity (Wildman–Crippen MR) is 243 cm³/mol. The zero-order chi connectivity index (χ0) is 39.1. The number of benzene rings is 8. The Labute approximate surface area is 342 Å². The van der Waals surface area contributed by atoms with E-state index in [9.17, 15) is 0 Å². The number of hydrogen-bond acceptors (Lipinski definition) is 0. The molecular weight excluding hydrogens is 697 g/mol. The summed E-state index contributed by atoms with van der Waals surface area (Å²) in [4.78, 5) is 0. The molecular formula is C58H44. The van der Waals surface area contributed by atoms with Gasteiger partial charge in [0.15, 0.2) is 0 Å². The van der Waals surface area contributed by atoms with Crippen molar-refractivity contribution in [1.29, 1.82) is 0 Å². The van der Waals surface area contributed by atoms with Crippen LogP contribution in [0.15, 0.2) is 235 Å². The van der Waals surface area contributed by atoms with Gasteiger partial charge in [0.1, 0.15) is 0 Å². The van der Waals surface area contributed by atoms with E-state index in [2.05, 4.69) is 232 Å². The van der Waals surface area contributed by atoms with Gasteiger partial charge in [0.05, 0.1) is 5.41 Å². The third-order valence-corrected chi connectivity index (χ3v) is 12.2. The first-order valence-corrected chi connectivity index (χ1v) is 20.4. The van der Waals surface area contributed by atoms with Gasteiger partial charge in [-0.05, 0) is 115 Å². The minimum atomic E-state index is -0.659. The van der Waals surface area contributed by atoms with Crippen molar-refractivity contribution in [3.05, 3.63) is 291 Å². The second-order valence-electron chi connectivity index (χ2n) is 15.7. The van der Waals surface area contributed by atoms with Crippen molar-refractivity contribution in [3.8, 4) is 11.1 Å². The fourth-order valence-corrected chi connectivity index (χ4v) is 9.63. The van der Waals surface area contributed by atoms with Gasteiger partial charge in [-0.1, -0.05) is 223 Å². The maximum absolute atomic E-state index is 2.51. The summed E-state index contributed by atoms with van der Waals surface area (Å²) in [5.41, 5.74) is 22.3. The summed E-state index contributed by atoms with van der Waals surface area (Å²) in [5.74, 6) is 0. The van der Waals surface area contributed by atoms with Crippen molar-refractivity contribution in [3.63, 3.8) is 0 Å². The SMILES string of the molecule is Cc1ccc(C2=C3CC(=C(c4ccccc4)c4ccccc4)C(c4ccccc4)=C3C(c3ccccc3)(c3ccccc3)c3cc(-c4ccc(C)cc4)ccc32)cc1. The summed E-state index contributed by atoms with van der Waals surface area (Å²) in [6.07, 6.45) is 0.780. The Balaban J connectivity index is 1.46. The maximum Gasteiger partial charge on any atom is 0.0716 e. The van der Waals surface area contributed by atoms with E-state index in [1.54, 1.807) is 0 Å². The van der Waals surface area contributed by atoms with Crippen molar-refractivity contribution in [2.75, 3.05) is 0 Å². The maximum atomic E-state index is 2.51. The van der Waals surface area contributed by atoms with Crippen LogP contribution in [0.2, 0.25) is 0 Å². The van der Waals surface area contributed by atoms with E-state index in [1.165, 1.54) is 100 Å². The summed E-state index contributed by atoms with van der Waals surface area (Å²) in [5, 5.41) is 0. The highest BCUT2D eigenvalue weighted by Crippen LogP contribution is 2.63. The average molecular weight is 741 g/mol. The summed E-state index contributed by atoms with van der Waals surface area (Å²) in [6.45, 7) is 4.34. The Morgan fingerprint density at radius 2 is 0.828 bits per heavy atom. The Morgan fingerprint density at radius 1 is 0.397 bits per heavy atom. The lowest BCUT2D eigenvalue weighted by atomic mass is 9.57. The number of aryl methyl sites for hydroxylation is 2. The van der Waals surface area contributed by atoms with Gasteiger partial charge < -0.3 is 0 Å².